The largest absolute Gasteiger partial charge is 0.483 e. The highest BCUT2D eigenvalue weighted by atomic mass is 16.5. The summed E-state index contributed by atoms with van der Waals surface area (Å²) in [5.74, 6) is 1.98. The van der Waals surface area contributed by atoms with E-state index in [9.17, 15) is 4.79 Å². The summed E-state index contributed by atoms with van der Waals surface area (Å²) in [6.07, 6.45) is 4.20. The summed E-state index contributed by atoms with van der Waals surface area (Å²) in [5.41, 5.74) is 2.21. The van der Waals surface area contributed by atoms with E-state index in [4.69, 9.17) is 4.74 Å². The van der Waals surface area contributed by atoms with Gasteiger partial charge in [0.15, 0.2) is 6.61 Å². The van der Waals surface area contributed by atoms with Gasteiger partial charge >= 0.3 is 0 Å². The maximum Gasteiger partial charge on any atom is 0.263 e. The van der Waals surface area contributed by atoms with E-state index in [1.807, 2.05) is 42.8 Å². The van der Waals surface area contributed by atoms with Gasteiger partial charge in [-0.2, -0.15) is 5.10 Å². The minimum absolute atomic E-state index is 0.00705. The molecule has 0 bridgehead atoms. The third-order valence-corrected chi connectivity index (χ3v) is 4.32. The third kappa shape index (κ3) is 3.73. The quantitative estimate of drug-likeness (QED) is 0.888. The Bertz CT molecular complexity index is 704. The lowest BCUT2D eigenvalue weighted by atomic mass is 10.1. The number of ether oxygens (including phenoxy) is 1. The Labute approximate surface area is 136 Å². The zero-order valence-electron chi connectivity index (χ0n) is 13.9. The van der Waals surface area contributed by atoms with Crippen LogP contribution in [0.5, 0.6) is 5.75 Å². The van der Waals surface area contributed by atoms with Crippen LogP contribution in [0.1, 0.15) is 36.9 Å². The first-order chi connectivity index (χ1) is 11.0. The van der Waals surface area contributed by atoms with E-state index < -0.39 is 0 Å². The van der Waals surface area contributed by atoms with Crippen LogP contribution in [0.3, 0.4) is 0 Å². The highest BCUT2D eigenvalue weighted by Gasteiger charge is 2.30. The van der Waals surface area contributed by atoms with Crippen LogP contribution in [0.25, 0.3) is 0 Å². The monoisotopic (exact) mass is 313 g/mol. The number of amides is 1. The topological polar surface area (TPSA) is 56.1 Å². The standard InChI is InChI=1S/C18H23N3O2/c1-12-4-7-16(13(2)10-12)23-11-18(22)20-17-8-9-19-21(17)14(3)15-5-6-15/h4,7-10,14-15H,5-6,11H2,1-3H3,(H,20,22). The number of hydrogen-bond donors (Lipinski definition) is 1. The van der Waals surface area contributed by atoms with Gasteiger partial charge in [0.25, 0.3) is 5.91 Å². The molecule has 1 aromatic heterocycles. The molecule has 5 nitrogen and oxygen atoms in total. The number of benzene rings is 1. The van der Waals surface area contributed by atoms with Crippen LogP contribution in [0, 0.1) is 19.8 Å². The fraction of sp³-hybridized carbons (Fsp3) is 0.444. The second-order valence-electron chi connectivity index (χ2n) is 6.34. The van der Waals surface area contributed by atoms with Gasteiger partial charge in [0.05, 0.1) is 12.2 Å². The molecule has 1 atom stereocenters. The van der Waals surface area contributed by atoms with Gasteiger partial charge in [0.2, 0.25) is 0 Å². The number of carbonyl (C=O) groups excluding carboxylic acids is 1. The molecule has 2 aromatic rings. The van der Waals surface area contributed by atoms with Gasteiger partial charge < -0.3 is 10.1 Å². The van der Waals surface area contributed by atoms with Crippen molar-refractivity contribution in [2.45, 2.75) is 39.7 Å². The molecule has 1 unspecified atom stereocenters. The number of hydrogen-bond acceptors (Lipinski definition) is 3. The first-order valence-corrected chi connectivity index (χ1v) is 8.08. The van der Waals surface area contributed by atoms with E-state index in [1.165, 1.54) is 18.4 Å². The Hall–Kier alpha value is -2.30. The van der Waals surface area contributed by atoms with E-state index in [-0.39, 0.29) is 12.5 Å². The third-order valence-electron chi connectivity index (χ3n) is 4.32. The van der Waals surface area contributed by atoms with Crippen molar-refractivity contribution in [3.63, 3.8) is 0 Å². The molecule has 1 fully saturated rings. The summed E-state index contributed by atoms with van der Waals surface area (Å²) >= 11 is 0. The Morgan fingerprint density at radius 1 is 1.39 bits per heavy atom. The van der Waals surface area contributed by atoms with Gasteiger partial charge in [-0.25, -0.2) is 4.68 Å². The van der Waals surface area contributed by atoms with Crippen molar-refractivity contribution < 1.29 is 9.53 Å². The van der Waals surface area contributed by atoms with Crippen molar-refractivity contribution in [1.82, 2.24) is 9.78 Å². The highest BCUT2D eigenvalue weighted by Crippen LogP contribution is 2.40. The van der Waals surface area contributed by atoms with Gasteiger partial charge in [0, 0.05) is 6.07 Å². The van der Waals surface area contributed by atoms with Crippen molar-refractivity contribution in [3.8, 4) is 5.75 Å². The summed E-state index contributed by atoms with van der Waals surface area (Å²) in [6, 6.07) is 8.07. The molecule has 122 valence electrons. The van der Waals surface area contributed by atoms with Crippen molar-refractivity contribution in [2.75, 3.05) is 11.9 Å². The Morgan fingerprint density at radius 2 is 2.17 bits per heavy atom. The smallest absolute Gasteiger partial charge is 0.263 e. The van der Waals surface area contributed by atoms with Crippen molar-refractivity contribution in [3.05, 3.63) is 41.6 Å². The first-order valence-electron chi connectivity index (χ1n) is 8.08. The number of nitrogens with one attached hydrogen (secondary N) is 1. The molecule has 1 aliphatic rings. The minimum atomic E-state index is -0.172. The van der Waals surface area contributed by atoms with Crippen LogP contribution in [0.4, 0.5) is 5.82 Å². The molecule has 1 N–H and O–H groups in total. The zero-order chi connectivity index (χ0) is 16.4. The molecule has 1 heterocycles. The van der Waals surface area contributed by atoms with Gasteiger partial charge in [-0.05, 0) is 51.2 Å². The lowest BCUT2D eigenvalue weighted by Gasteiger charge is -2.15. The number of nitrogens with zero attached hydrogens (tertiary/aromatic N) is 2. The van der Waals surface area contributed by atoms with Gasteiger partial charge in [-0.1, -0.05) is 17.7 Å². The fourth-order valence-corrected chi connectivity index (χ4v) is 2.80. The van der Waals surface area contributed by atoms with Crippen LogP contribution in [0.15, 0.2) is 30.5 Å². The van der Waals surface area contributed by atoms with Crippen molar-refractivity contribution in [2.24, 2.45) is 5.92 Å². The normalized spacial score (nSPS) is 15.3. The summed E-state index contributed by atoms with van der Waals surface area (Å²) in [4.78, 5) is 12.1. The SMILES string of the molecule is Cc1ccc(OCC(=O)Nc2ccnn2C(C)C2CC2)c(C)c1. The zero-order valence-corrected chi connectivity index (χ0v) is 13.9. The van der Waals surface area contributed by atoms with E-state index in [0.29, 0.717) is 12.0 Å². The molecular formula is C18H23N3O2. The molecule has 5 heteroatoms. The maximum atomic E-state index is 12.1. The summed E-state index contributed by atoms with van der Waals surface area (Å²) in [5, 5.41) is 7.23. The van der Waals surface area contributed by atoms with Crippen molar-refractivity contribution >= 4 is 11.7 Å². The molecule has 0 aliphatic heterocycles. The van der Waals surface area contributed by atoms with Crippen LogP contribution < -0.4 is 10.1 Å². The number of aryl methyl sites for hydroxylation is 2. The minimum Gasteiger partial charge on any atom is -0.483 e. The van der Waals surface area contributed by atoms with Crippen LogP contribution in [0.2, 0.25) is 0 Å². The Morgan fingerprint density at radius 3 is 2.87 bits per heavy atom. The molecule has 23 heavy (non-hydrogen) atoms. The van der Waals surface area contributed by atoms with E-state index in [2.05, 4.69) is 17.3 Å². The number of aromatic nitrogens is 2. The van der Waals surface area contributed by atoms with Gasteiger partial charge in [-0.3, -0.25) is 4.79 Å². The van der Waals surface area contributed by atoms with Crippen molar-refractivity contribution in [1.29, 1.82) is 0 Å². The molecule has 1 aliphatic carbocycles. The predicted molar refractivity (Wildman–Crippen MR) is 89.7 cm³/mol. The van der Waals surface area contributed by atoms with E-state index in [1.54, 1.807) is 6.20 Å². The first kappa shape index (κ1) is 15.6. The average molecular weight is 313 g/mol. The Balaban J connectivity index is 1.58. The summed E-state index contributed by atoms with van der Waals surface area (Å²) in [7, 11) is 0. The molecule has 1 aromatic carbocycles. The number of carbonyl (C=O) groups is 1. The summed E-state index contributed by atoms with van der Waals surface area (Å²) in [6.45, 7) is 6.15. The molecule has 1 saturated carbocycles. The molecular weight excluding hydrogens is 290 g/mol. The molecule has 0 saturated heterocycles. The number of rotatable bonds is 6. The summed E-state index contributed by atoms with van der Waals surface area (Å²) < 4.78 is 7.52. The van der Waals surface area contributed by atoms with Crippen LogP contribution in [-0.2, 0) is 4.79 Å². The second-order valence-corrected chi connectivity index (χ2v) is 6.34. The highest BCUT2D eigenvalue weighted by molar-refractivity contribution is 5.91. The fourth-order valence-electron chi connectivity index (χ4n) is 2.80. The van der Waals surface area contributed by atoms with Crippen LogP contribution >= 0.6 is 0 Å². The molecule has 3 rings (SSSR count). The van der Waals surface area contributed by atoms with Gasteiger partial charge in [-0.15, -0.1) is 0 Å². The maximum absolute atomic E-state index is 12.1. The lowest BCUT2D eigenvalue weighted by Crippen LogP contribution is -2.23. The number of anilines is 1. The lowest BCUT2D eigenvalue weighted by molar-refractivity contribution is -0.118. The second kappa shape index (κ2) is 6.44. The molecule has 0 spiro atoms. The predicted octanol–water partition coefficient (Wildman–Crippen LogP) is 3.49. The van der Waals surface area contributed by atoms with Crippen LogP contribution in [-0.4, -0.2) is 22.3 Å². The van der Waals surface area contributed by atoms with E-state index in [0.717, 1.165) is 17.1 Å². The average Bonchev–Trinajstić information content (AvgIpc) is 3.26. The molecule has 1 amide bonds. The molecule has 0 radical (unpaired) electrons. The van der Waals surface area contributed by atoms with E-state index >= 15 is 0 Å². The van der Waals surface area contributed by atoms with Gasteiger partial charge in [0.1, 0.15) is 11.6 Å². The Kier molecular flexibility index (Phi) is 4.37.